The van der Waals surface area contributed by atoms with Gasteiger partial charge >= 0.3 is 12.1 Å². The number of aliphatic carboxylic acids is 1. The minimum Gasteiger partial charge on any atom is -0.480 e. The second-order valence-corrected chi connectivity index (χ2v) is 6.57. The van der Waals surface area contributed by atoms with Crippen LogP contribution in [0.3, 0.4) is 0 Å². The van der Waals surface area contributed by atoms with Crippen LogP contribution in [-0.4, -0.2) is 57.0 Å². The third-order valence-corrected chi connectivity index (χ3v) is 2.92. The summed E-state index contributed by atoms with van der Waals surface area (Å²) in [6.45, 7) is 5.11. The quantitative estimate of drug-likeness (QED) is 0.814. The second kappa shape index (κ2) is 6.72. The van der Waals surface area contributed by atoms with Crippen LogP contribution in [0.25, 0.3) is 0 Å². The molecule has 0 rings (SSSR count). The summed E-state index contributed by atoms with van der Waals surface area (Å²) in [7, 11) is 0.273. The number of carboxylic acid groups (broad SMARTS) is 1. The summed E-state index contributed by atoms with van der Waals surface area (Å²) in [6.07, 6.45) is 0.928. The van der Waals surface area contributed by atoms with Gasteiger partial charge in [0, 0.05) is 29.9 Å². The molecule has 0 radical (unpaired) electrons. The van der Waals surface area contributed by atoms with Gasteiger partial charge in [0.15, 0.2) is 0 Å². The smallest absolute Gasteiger partial charge is 0.410 e. The van der Waals surface area contributed by atoms with Gasteiger partial charge in [0.25, 0.3) is 0 Å². The van der Waals surface area contributed by atoms with Crippen LogP contribution in [0.5, 0.6) is 0 Å². The minimum atomic E-state index is -1.13. The van der Waals surface area contributed by atoms with Crippen molar-refractivity contribution >= 4 is 22.9 Å². The summed E-state index contributed by atoms with van der Waals surface area (Å²) in [5.41, 5.74) is -0.679. The maximum absolute atomic E-state index is 11.7. The van der Waals surface area contributed by atoms with Crippen LogP contribution in [0.2, 0.25) is 0 Å². The summed E-state index contributed by atoms with van der Waals surface area (Å²) in [5, 5.41) is 9.06. The van der Waals surface area contributed by atoms with Crippen molar-refractivity contribution in [3.8, 4) is 0 Å². The molecule has 7 heteroatoms. The van der Waals surface area contributed by atoms with Crippen LogP contribution >= 0.6 is 0 Å². The van der Waals surface area contributed by atoms with Gasteiger partial charge < -0.3 is 9.84 Å². The van der Waals surface area contributed by atoms with E-state index in [1.165, 1.54) is 13.3 Å². The SMILES string of the molecule is CN(C(=O)OC(C)(C)C)[C@H](CCS(C)=O)C(=O)O. The Hall–Kier alpha value is -1.11. The van der Waals surface area contributed by atoms with Gasteiger partial charge in [-0.1, -0.05) is 0 Å². The van der Waals surface area contributed by atoms with E-state index in [1.54, 1.807) is 20.8 Å². The first-order valence-corrected chi connectivity index (χ1v) is 7.26. The van der Waals surface area contributed by atoms with Gasteiger partial charge in [-0.25, -0.2) is 9.59 Å². The highest BCUT2D eigenvalue weighted by atomic mass is 32.2. The van der Waals surface area contributed by atoms with E-state index in [1.807, 2.05) is 0 Å². The van der Waals surface area contributed by atoms with Crippen molar-refractivity contribution in [2.24, 2.45) is 0 Å². The first-order chi connectivity index (χ1) is 8.04. The third kappa shape index (κ3) is 6.58. The fraction of sp³-hybridized carbons (Fsp3) is 0.818. The molecule has 6 nitrogen and oxygen atoms in total. The van der Waals surface area contributed by atoms with Gasteiger partial charge in [0.1, 0.15) is 11.6 Å². The number of hydrogen-bond donors (Lipinski definition) is 1. The molecule has 2 atom stereocenters. The number of nitrogens with zero attached hydrogens (tertiary/aromatic N) is 1. The predicted molar refractivity (Wildman–Crippen MR) is 69.0 cm³/mol. The molecule has 1 unspecified atom stereocenters. The lowest BCUT2D eigenvalue weighted by atomic mass is 10.2. The van der Waals surface area contributed by atoms with Gasteiger partial charge in [-0.15, -0.1) is 0 Å². The van der Waals surface area contributed by atoms with Gasteiger partial charge in [0.05, 0.1) is 0 Å². The average molecular weight is 279 g/mol. The number of likely N-dealkylation sites (N-methyl/N-ethyl adjacent to an activating group) is 1. The van der Waals surface area contributed by atoms with E-state index < -0.39 is 34.5 Å². The first-order valence-electron chi connectivity index (χ1n) is 5.53. The lowest BCUT2D eigenvalue weighted by molar-refractivity contribution is -0.142. The van der Waals surface area contributed by atoms with Crippen molar-refractivity contribution in [3.63, 3.8) is 0 Å². The Bertz CT molecular complexity index is 337. The molecule has 1 N–H and O–H groups in total. The number of carbonyl (C=O) groups excluding carboxylic acids is 1. The van der Waals surface area contributed by atoms with E-state index >= 15 is 0 Å². The molecule has 0 heterocycles. The standard InChI is InChI=1S/C11H21NO5S/c1-11(2,3)17-10(15)12(4)8(9(13)14)6-7-18(5)16/h8H,6-7H2,1-5H3,(H,13,14)/t8-,18?/m1/s1. The summed E-state index contributed by atoms with van der Waals surface area (Å²) in [6, 6.07) is -1.02. The molecule has 106 valence electrons. The number of hydrogen-bond acceptors (Lipinski definition) is 4. The molecule has 0 spiro atoms. The summed E-state index contributed by atoms with van der Waals surface area (Å²) < 4.78 is 16.1. The largest absolute Gasteiger partial charge is 0.480 e. The Kier molecular flexibility index (Phi) is 6.31. The lowest BCUT2D eigenvalue weighted by Gasteiger charge is -2.28. The highest BCUT2D eigenvalue weighted by molar-refractivity contribution is 7.84. The second-order valence-electron chi connectivity index (χ2n) is 5.01. The van der Waals surface area contributed by atoms with Crippen molar-refractivity contribution in [2.45, 2.75) is 38.8 Å². The first kappa shape index (κ1) is 16.9. The summed E-state index contributed by atoms with van der Waals surface area (Å²) in [5.74, 6) is -0.904. The van der Waals surface area contributed by atoms with Crippen LogP contribution < -0.4 is 0 Å². The fourth-order valence-corrected chi connectivity index (χ4v) is 1.78. The number of carboxylic acids is 1. The van der Waals surface area contributed by atoms with E-state index in [2.05, 4.69) is 0 Å². The topological polar surface area (TPSA) is 83.9 Å². The zero-order valence-corrected chi connectivity index (χ0v) is 12.2. The van der Waals surface area contributed by atoms with E-state index in [0.717, 1.165) is 4.90 Å². The van der Waals surface area contributed by atoms with Gasteiger partial charge in [-0.05, 0) is 27.2 Å². The molecule has 0 saturated carbocycles. The predicted octanol–water partition coefficient (Wildman–Crippen LogP) is 1.08. The molecule has 18 heavy (non-hydrogen) atoms. The molecule has 0 saturated heterocycles. The summed E-state index contributed by atoms with van der Waals surface area (Å²) >= 11 is 0. The Morgan fingerprint density at radius 2 is 1.89 bits per heavy atom. The molecular formula is C11H21NO5S. The van der Waals surface area contributed by atoms with Gasteiger partial charge in [-0.2, -0.15) is 0 Å². The molecule has 0 aliphatic heterocycles. The number of carbonyl (C=O) groups is 2. The molecule has 0 bridgehead atoms. The van der Waals surface area contributed by atoms with Crippen LogP contribution in [-0.2, 0) is 20.3 Å². The van der Waals surface area contributed by atoms with Crippen molar-refractivity contribution < 1.29 is 23.6 Å². The summed E-state index contributed by atoms with van der Waals surface area (Å²) in [4.78, 5) is 23.8. The molecule has 0 fully saturated rings. The van der Waals surface area contributed by atoms with Crippen LogP contribution in [0.15, 0.2) is 0 Å². The zero-order valence-electron chi connectivity index (χ0n) is 11.4. The molecule has 0 aromatic carbocycles. The Morgan fingerprint density at radius 3 is 2.22 bits per heavy atom. The Labute approximate surface area is 110 Å². The maximum Gasteiger partial charge on any atom is 0.410 e. The molecule has 1 amide bonds. The van der Waals surface area contributed by atoms with Crippen molar-refractivity contribution in [1.82, 2.24) is 4.90 Å². The van der Waals surface area contributed by atoms with Gasteiger partial charge in [-0.3, -0.25) is 9.11 Å². The number of amides is 1. The Balaban J connectivity index is 4.65. The van der Waals surface area contributed by atoms with E-state index in [-0.39, 0.29) is 12.2 Å². The number of ether oxygens (including phenoxy) is 1. The average Bonchev–Trinajstić information content (AvgIpc) is 2.13. The highest BCUT2D eigenvalue weighted by Gasteiger charge is 2.29. The molecule has 0 aliphatic rings. The van der Waals surface area contributed by atoms with E-state index in [0.29, 0.717) is 0 Å². The zero-order chi connectivity index (χ0) is 14.5. The maximum atomic E-state index is 11.7. The molecule has 0 aromatic rings. The minimum absolute atomic E-state index is 0.133. The van der Waals surface area contributed by atoms with Crippen LogP contribution in [0.4, 0.5) is 4.79 Å². The van der Waals surface area contributed by atoms with Crippen molar-refractivity contribution in [1.29, 1.82) is 0 Å². The monoisotopic (exact) mass is 279 g/mol. The molecule has 0 aromatic heterocycles. The fourth-order valence-electron chi connectivity index (χ4n) is 1.22. The van der Waals surface area contributed by atoms with Crippen LogP contribution in [0.1, 0.15) is 27.2 Å². The van der Waals surface area contributed by atoms with E-state index in [4.69, 9.17) is 9.84 Å². The van der Waals surface area contributed by atoms with Crippen molar-refractivity contribution in [2.75, 3.05) is 19.1 Å². The van der Waals surface area contributed by atoms with E-state index in [9.17, 15) is 13.8 Å². The van der Waals surface area contributed by atoms with Crippen molar-refractivity contribution in [3.05, 3.63) is 0 Å². The normalized spacial score (nSPS) is 14.7. The lowest BCUT2D eigenvalue weighted by Crippen LogP contribution is -2.45. The van der Waals surface area contributed by atoms with Crippen LogP contribution in [0, 0.1) is 0 Å². The highest BCUT2D eigenvalue weighted by Crippen LogP contribution is 2.12. The Morgan fingerprint density at radius 1 is 1.39 bits per heavy atom. The molecular weight excluding hydrogens is 258 g/mol. The molecule has 0 aliphatic carbocycles. The third-order valence-electron chi connectivity index (χ3n) is 2.11. The number of rotatable bonds is 5. The van der Waals surface area contributed by atoms with Gasteiger partial charge in [0.2, 0.25) is 0 Å².